The van der Waals surface area contributed by atoms with Crippen molar-refractivity contribution in [3.8, 4) is 16.5 Å². The minimum atomic E-state index is -2.95. The Morgan fingerprint density at radius 3 is 2.63 bits per heavy atom. The zero-order valence-corrected chi connectivity index (χ0v) is 16.0. The molecule has 2 aromatic heterocycles. The molecule has 6 nitrogen and oxygen atoms in total. The van der Waals surface area contributed by atoms with Gasteiger partial charge in [0.1, 0.15) is 20.8 Å². The first-order valence-electron chi connectivity index (χ1n) is 8.53. The number of thiophene rings is 1. The van der Waals surface area contributed by atoms with E-state index in [-0.39, 0.29) is 17.4 Å². The Morgan fingerprint density at radius 1 is 1.26 bits per heavy atom. The molecule has 0 radical (unpaired) electrons. The second kappa shape index (κ2) is 6.51. The minimum absolute atomic E-state index is 0.122. The number of amides is 1. The molecule has 3 aromatic rings. The average Bonchev–Trinajstić information content (AvgIpc) is 3.27. The second-order valence-corrected chi connectivity index (χ2v) is 10.1. The number of carbonyl (C=O) groups excluding carboxylic acids is 1. The number of benzene rings is 1. The summed E-state index contributed by atoms with van der Waals surface area (Å²) in [6.45, 7) is 0. The van der Waals surface area contributed by atoms with E-state index in [4.69, 9.17) is 11.0 Å². The van der Waals surface area contributed by atoms with E-state index < -0.39 is 15.7 Å². The molecule has 1 aliphatic rings. The van der Waals surface area contributed by atoms with Gasteiger partial charge in [0.25, 0.3) is 5.91 Å². The van der Waals surface area contributed by atoms with Crippen LogP contribution in [0.15, 0.2) is 30.5 Å². The maximum atomic E-state index is 12.0. The Balaban J connectivity index is 1.85. The number of aromatic amines is 1. The van der Waals surface area contributed by atoms with Gasteiger partial charge in [-0.1, -0.05) is 0 Å². The van der Waals surface area contributed by atoms with Crippen molar-refractivity contribution in [1.82, 2.24) is 4.98 Å². The van der Waals surface area contributed by atoms with E-state index in [1.54, 1.807) is 12.1 Å². The molecule has 0 spiro atoms. The van der Waals surface area contributed by atoms with Crippen LogP contribution < -0.4 is 5.73 Å². The number of hydrogen-bond donors (Lipinski definition) is 2. The van der Waals surface area contributed by atoms with Gasteiger partial charge in [0.2, 0.25) is 0 Å². The van der Waals surface area contributed by atoms with Gasteiger partial charge in [-0.3, -0.25) is 4.79 Å². The van der Waals surface area contributed by atoms with Gasteiger partial charge >= 0.3 is 0 Å². The van der Waals surface area contributed by atoms with Crippen molar-refractivity contribution in [2.75, 3.05) is 11.5 Å². The maximum absolute atomic E-state index is 12.0. The van der Waals surface area contributed by atoms with Crippen LogP contribution in [0.1, 0.15) is 39.6 Å². The van der Waals surface area contributed by atoms with Crippen LogP contribution >= 0.6 is 11.3 Å². The number of nitrogens with one attached hydrogen (secondary N) is 1. The van der Waals surface area contributed by atoms with Crippen molar-refractivity contribution in [3.05, 3.63) is 46.5 Å². The van der Waals surface area contributed by atoms with Crippen LogP contribution in [0.5, 0.6) is 0 Å². The third-order valence-corrected chi connectivity index (χ3v) is 7.84. The third kappa shape index (κ3) is 3.24. The molecule has 0 unspecified atom stereocenters. The van der Waals surface area contributed by atoms with Gasteiger partial charge in [-0.15, -0.1) is 11.3 Å². The largest absolute Gasteiger partial charge is 0.366 e. The average molecular weight is 399 g/mol. The van der Waals surface area contributed by atoms with Gasteiger partial charge in [0, 0.05) is 16.5 Å². The number of aromatic nitrogens is 1. The molecule has 1 saturated heterocycles. The molecular formula is C19H17N3O3S2. The number of sulfone groups is 1. The summed E-state index contributed by atoms with van der Waals surface area (Å²) >= 11 is 1.36. The Labute approximate surface area is 160 Å². The van der Waals surface area contributed by atoms with Gasteiger partial charge in [-0.25, -0.2) is 8.42 Å². The van der Waals surface area contributed by atoms with E-state index in [1.807, 2.05) is 18.3 Å². The number of fused-ring (bicyclic) bond motifs is 1. The highest BCUT2D eigenvalue weighted by atomic mass is 32.2. The summed E-state index contributed by atoms with van der Waals surface area (Å²) in [5.74, 6) is -0.0402. The first-order chi connectivity index (χ1) is 12.9. The lowest BCUT2D eigenvalue weighted by Gasteiger charge is -2.21. The summed E-state index contributed by atoms with van der Waals surface area (Å²) in [4.78, 5) is 16.6. The van der Waals surface area contributed by atoms with Crippen LogP contribution in [0.3, 0.4) is 0 Å². The highest BCUT2D eigenvalue weighted by Gasteiger charge is 2.27. The van der Waals surface area contributed by atoms with Crippen LogP contribution in [-0.2, 0) is 9.84 Å². The molecule has 0 saturated carbocycles. The van der Waals surface area contributed by atoms with Gasteiger partial charge in [-0.2, -0.15) is 5.26 Å². The number of carbonyl (C=O) groups is 1. The number of rotatable bonds is 3. The highest BCUT2D eigenvalue weighted by molar-refractivity contribution is 7.91. The number of H-pyrrole nitrogens is 1. The molecular weight excluding hydrogens is 382 g/mol. The molecule has 1 aromatic carbocycles. The van der Waals surface area contributed by atoms with Crippen molar-refractivity contribution in [3.63, 3.8) is 0 Å². The summed E-state index contributed by atoms with van der Waals surface area (Å²) in [5, 5.41) is 9.95. The normalized spacial score (nSPS) is 17.0. The molecule has 1 amide bonds. The Bertz CT molecular complexity index is 1180. The monoisotopic (exact) mass is 399 g/mol. The molecule has 1 aliphatic heterocycles. The Kier molecular flexibility index (Phi) is 4.29. The molecule has 3 heterocycles. The topological polar surface area (TPSA) is 117 Å². The maximum Gasteiger partial charge on any atom is 0.250 e. The van der Waals surface area contributed by atoms with E-state index in [1.165, 1.54) is 11.3 Å². The smallest absolute Gasteiger partial charge is 0.250 e. The molecule has 4 rings (SSSR count). The lowest BCUT2D eigenvalue weighted by atomic mass is 9.91. The quantitative estimate of drug-likeness (QED) is 0.703. The molecule has 27 heavy (non-hydrogen) atoms. The second-order valence-electron chi connectivity index (χ2n) is 6.76. The number of nitrogens with zero attached hydrogens (tertiary/aromatic N) is 1. The number of nitrogens with two attached hydrogens (primary N) is 1. The molecule has 0 bridgehead atoms. The van der Waals surface area contributed by atoms with Crippen molar-refractivity contribution >= 4 is 38.0 Å². The summed E-state index contributed by atoms with van der Waals surface area (Å²) in [6, 6.07) is 9.45. The van der Waals surface area contributed by atoms with Crippen molar-refractivity contribution in [2.24, 2.45) is 5.73 Å². The fourth-order valence-electron chi connectivity index (χ4n) is 3.68. The van der Waals surface area contributed by atoms with E-state index in [2.05, 4.69) is 11.1 Å². The van der Waals surface area contributed by atoms with Gasteiger partial charge in [0.15, 0.2) is 0 Å². The molecule has 0 aliphatic carbocycles. The van der Waals surface area contributed by atoms with Gasteiger partial charge < -0.3 is 10.7 Å². The van der Waals surface area contributed by atoms with Crippen molar-refractivity contribution in [1.29, 1.82) is 5.26 Å². The van der Waals surface area contributed by atoms with Crippen LogP contribution in [-0.4, -0.2) is 30.8 Å². The van der Waals surface area contributed by atoms with Crippen molar-refractivity contribution < 1.29 is 13.2 Å². The zero-order chi connectivity index (χ0) is 19.2. The van der Waals surface area contributed by atoms with E-state index in [9.17, 15) is 13.2 Å². The lowest BCUT2D eigenvalue weighted by Crippen LogP contribution is -2.22. The molecule has 1 fully saturated rings. The SMILES string of the molecule is N#Cc1ccc(-c2cc(C(N)=O)c3[nH]cc(C4CCS(=O)(=O)CC4)c3c2)s1. The van der Waals surface area contributed by atoms with E-state index >= 15 is 0 Å². The standard InChI is InChI=1S/C19H17N3O3S2/c20-9-13-1-2-17(26-13)12-7-14-16(11-3-5-27(24,25)6-4-11)10-22-18(14)15(8-12)19(21)23/h1-2,7-8,10-11,22H,3-6H2,(H2,21,23). The van der Waals surface area contributed by atoms with E-state index in [0.717, 1.165) is 21.4 Å². The zero-order valence-electron chi connectivity index (χ0n) is 14.4. The lowest BCUT2D eigenvalue weighted by molar-refractivity contribution is 0.100. The van der Waals surface area contributed by atoms with Crippen LogP contribution in [0, 0.1) is 11.3 Å². The molecule has 0 atom stereocenters. The predicted molar refractivity (Wildman–Crippen MR) is 105 cm³/mol. The van der Waals surface area contributed by atoms with Gasteiger partial charge in [-0.05, 0) is 54.2 Å². The fraction of sp³-hybridized carbons (Fsp3) is 0.263. The Morgan fingerprint density at radius 2 is 2.00 bits per heavy atom. The van der Waals surface area contributed by atoms with Gasteiger partial charge in [0.05, 0.1) is 22.6 Å². The number of nitriles is 1. The first-order valence-corrected chi connectivity index (χ1v) is 11.2. The van der Waals surface area contributed by atoms with Crippen LogP contribution in [0.4, 0.5) is 0 Å². The summed E-state index contributed by atoms with van der Waals surface area (Å²) in [5.41, 5.74) is 8.50. The van der Waals surface area contributed by atoms with E-state index in [0.29, 0.717) is 28.8 Å². The fourth-order valence-corrected chi connectivity index (χ4v) is 5.96. The summed E-state index contributed by atoms with van der Waals surface area (Å²) in [6.07, 6.45) is 3.00. The summed E-state index contributed by atoms with van der Waals surface area (Å²) < 4.78 is 23.5. The molecule has 138 valence electrons. The molecule has 8 heteroatoms. The number of hydrogen-bond acceptors (Lipinski definition) is 5. The summed E-state index contributed by atoms with van der Waals surface area (Å²) in [7, 11) is -2.95. The van der Waals surface area contributed by atoms with Crippen LogP contribution in [0.2, 0.25) is 0 Å². The first kappa shape index (κ1) is 17.8. The third-order valence-electron chi connectivity index (χ3n) is 5.08. The molecule has 3 N–H and O–H groups in total. The number of primary amides is 1. The highest BCUT2D eigenvalue weighted by Crippen LogP contribution is 2.38. The predicted octanol–water partition coefficient (Wildman–Crippen LogP) is 3.16. The van der Waals surface area contributed by atoms with Crippen LogP contribution in [0.25, 0.3) is 21.3 Å². The minimum Gasteiger partial charge on any atom is -0.366 e. The van der Waals surface area contributed by atoms with Crippen molar-refractivity contribution in [2.45, 2.75) is 18.8 Å². The Hall–Kier alpha value is -2.63.